The minimum Gasteiger partial charge on any atom is -0.441 e. The van der Waals surface area contributed by atoms with Crippen LogP contribution in [0.4, 0.5) is 4.39 Å². The third kappa shape index (κ3) is 3.13. The van der Waals surface area contributed by atoms with Crippen molar-refractivity contribution in [2.24, 2.45) is 7.05 Å². The molecule has 28 heavy (non-hydrogen) atoms. The number of nitrogens with zero attached hydrogens (tertiary/aromatic N) is 4. The van der Waals surface area contributed by atoms with Gasteiger partial charge in [-0.25, -0.2) is 9.37 Å². The molecule has 2 heterocycles. The molecule has 2 aromatic heterocycles. The number of benzene rings is 2. The molecule has 5 nitrogen and oxygen atoms in total. The van der Waals surface area contributed by atoms with E-state index in [1.165, 1.54) is 12.1 Å². The van der Waals surface area contributed by atoms with Crippen molar-refractivity contribution >= 4 is 6.08 Å². The first-order valence-corrected chi connectivity index (χ1v) is 8.97. The number of aromatic nitrogens is 4. The zero-order valence-electron chi connectivity index (χ0n) is 15.7. The Kier molecular flexibility index (Phi) is 4.61. The zero-order valence-corrected chi connectivity index (χ0v) is 15.7. The third-order valence-corrected chi connectivity index (χ3v) is 4.60. The second-order valence-electron chi connectivity index (χ2n) is 6.42. The van der Waals surface area contributed by atoms with Crippen molar-refractivity contribution in [3.05, 3.63) is 72.6 Å². The van der Waals surface area contributed by atoms with E-state index in [1.807, 2.05) is 38.2 Å². The highest BCUT2D eigenvalue weighted by molar-refractivity contribution is 5.82. The molecule has 0 fully saturated rings. The van der Waals surface area contributed by atoms with Crippen LogP contribution in [0.15, 0.2) is 59.8 Å². The van der Waals surface area contributed by atoms with Crippen molar-refractivity contribution in [1.29, 1.82) is 0 Å². The Hall–Kier alpha value is -3.54. The molecule has 6 heteroatoms. The Morgan fingerprint density at radius 2 is 1.96 bits per heavy atom. The third-order valence-electron chi connectivity index (χ3n) is 4.60. The van der Waals surface area contributed by atoms with Gasteiger partial charge in [-0.2, -0.15) is 0 Å². The van der Waals surface area contributed by atoms with Gasteiger partial charge in [-0.1, -0.05) is 31.7 Å². The maximum atomic E-state index is 14.0. The van der Waals surface area contributed by atoms with Crippen LogP contribution in [-0.2, 0) is 13.5 Å². The van der Waals surface area contributed by atoms with Gasteiger partial charge in [-0.3, -0.25) is 0 Å². The smallest absolute Gasteiger partial charge is 0.226 e. The normalized spacial score (nSPS) is 11.0. The predicted octanol–water partition coefficient (Wildman–Crippen LogP) is 5.15. The SMILES string of the molecule is C=Cc1nc(-c2cccc(-c3ccc(F)cc3-c3nncn3C)c2)oc1CC. The Morgan fingerprint density at radius 1 is 1.14 bits per heavy atom. The van der Waals surface area contributed by atoms with Crippen LogP contribution in [-0.4, -0.2) is 19.7 Å². The lowest BCUT2D eigenvalue weighted by Crippen LogP contribution is -1.95. The fourth-order valence-corrected chi connectivity index (χ4v) is 3.20. The van der Waals surface area contributed by atoms with E-state index < -0.39 is 0 Å². The van der Waals surface area contributed by atoms with E-state index >= 15 is 0 Å². The molecule has 0 radical (unpaired) electrons. The number of oxazole rings is 1. The Morgan fingerprint density at radius 3 is 2.64 bits per heavy atom. The molecule has 0 spiro atoms. The second-order valence-corrected chi connectivity index (χ2v) is 6.42. The van der Waals surface area contributed by atoms with Gasteiger partial charge >= 0.3 is 0 Å². The lowest BCUT2D eigenvalue weighted by Gasteiger charge is -2.10. The molecule has 0 aliphatic heterocycles. The summed E-state index contributed by atoms with van der Waals surface area (Å²) in [7, 11) is 1.83. The van der Waals surface area contributed by atoms with Crippen molar-refractivity contribution in [3.63, 3.8) is 0 Å². The number of hydrogen-bond acceptors (Lipinski definition) is 4. The summed E-state index contributed by atoms with van der Waals surface area (Å²) in [6, 6.07) is 12.5. The van der Waals surface area contributed by atoms with E-state index in [-0.39, 0.29) is 5.82 Å². The monoisotopic (exact) mass is 374 g/mol. The van der Waals surface area contributed by atoms with Crippen molar-refractivity contribution in [2.45, 2.75) is 13.3 Å². The molecular weight excluding hydrogens is 355 g/mol. The number of halogens is 1. The van der Waals surface area contributed by atoms with E-state index in [0.29, 0.717) is 17.3 Å². The first-order chi connectivity index (χ1) is 13.6. The van der Waals surface area contributed by atoms with Crippen molar-refractivity contribution in [1.82, 2.24) is 19.7 Å². The summed E-state index contributed by atoms with van der Waals surface area (Å²) in [4.78, 5) is 4.53. The number of rotatable bonds is 5. The fourth-order valence-electron chi connectivity index (χ4n) is 3.20. The van der Waals surface area contributed by atoms with Crippen molar-refractivity contribution in [2.75, 3.05) is 0 Å². The van der Waals surface area contributed by atoms with Crippen LogP contribution in [0.5, 0.6) is 0 Å². The lowest BCUT2D eigenvalue weighted by molar-refractivity contribution is 0.524. The summed E-state index contributed by atoms with van der Waals surface area (Å²) in [6.07, 6.45) is 4.03. The highest BCUT2D eigenvalue weighted by Crippen LogP contribution is 2.34. The molecule has 140 valence electrons. The Balaban J connectivity index is 1.84. The molecule has 0 aliphatic rings. The summed E-state index contributed by atoms with van der Waals surface area (Å²) in [6.45, 7) is 5.81. The van der Waals surface area contributed by atoms with Crippen molar-refractivity contribution in [3.8, 4) is 34.0 Å². The Bertz CT molecular complexity index is 1160. The zero-order chi connectivity index (χ0) is 19.7. The van der Waals surface area contributed by atoms with Crippen LogP contribution < -0.4 is 0 Å². The summed E-state index contributed by atoms with van der Waals surface area (Å²) < 4.78 is 21.6. The van der Waals surface area contributed by atoms with E-state index in [1.54, 1.807) is 23.0 Å². The first-order valence-electron chi connectivity index (χ1n) is 8.97. The van der Waals surface area contributed by atoms with E-state index in [9.17, 15) is 4.39 Å². The molecule has 4 aromatic rings. The average molecular weight is 374 g/mol. The van der Waals surface area contributed by atoms with Crippen LogP contribution in [0, 0.1) is 5.82 Å². The van der Waals surface area contributed by atoms with E-state index in [4.69, 9.17) is 4.42 Å². The van der Waals surface area contributed by atoms with Gasteiger partial charge in [0.15, 0.2) is 5.82 Å². The molecular formula is C22H19FN4O. The minimum absolute atomic E-state index is 0.325. The van der Waals surface area contributed by atoms with Crippen molar-refractivity contribution < 1.29 is 8.81 Å². The largest absolute Gasteiger partial charge is 0.441 e. The highest BCUT2D eigenvalue weighted by Gasteiger charge is 2.16. The summed E-state index contributed by atoms with van der Waals surface area (Å²) in [5, 5.41) is 8.05. The highest BCUT2D eigenvalue weighted by atomic mass is 19.1. The number of aryl methyl sites for hydroxylation is 2. The molecule has 0 saturated carbocycles. The molecule has 0 N–H and O–H groups in total. The van der Waals surface area contributed by atoms with Gasteiger partial charge in [-0.05, 0) is 41.5 Å². The average Bonchev–Trinajstić information content (AvgIpc) is 3.33. The van der Waals surface area contributed by atoms with Crippen LogP contribution >= 0.6 is 0 Å². The molecule has 0 atom stereocenters. The lowest BCUT2D eigenvalue weighted by atomic mass is 9.97. The molecule has 0 amide bonds. The standard InChI is InChI=1S/C22H19FN4O/c1-4-19-20(5-2)28-22(25-19)15-8-6-7-14(11-15)17-10-9-16(23)12-18(17)21-26-24-13-27(21)3/h4,6-13H,1,5H2,2-3H3. The molecule has 0 saturated heterocycles. The van der Waals surface area contributed by atoms with Gasteiger partial charge in [0.25, 0.3) is 0 Å². The van der Waals surface area contributed by atoms with Gasteiger partial charge in [0.05, 0.1) is 0 Å². The summed E-state index contributed by atoms with van der Waals surface area (Å²) in [5.74, 6) is 1.61. The van der Waals surface area contributed by atoms with Crippen LogP contribution in [0.3, 0.4) is 0 Å². The molecule has 0 aliphatic carbocycles. The van der Waals surface area contributed by atoms with Gasteiger partial charge in [0, 0.05) is 24.6 Å². The summed E-state index contributed by atoms with van der Waals surface area (Å²) >= 11 is 0. The van der Waals surface area contributed by atoms with Gasteiger partial charge in [0.2, 0.25) is 5.89 Å². The maximum absolute atomic E-state index is 14.0. The van der Waals surface area contributed by atoms with E-state index in [2.05, 4.69) is 21.8 Å². The second kappa shape index (κ2) is 7.23. The molecule has 0 unspecified atom stereocenters. The molecule has 0 bridgehead atoms. The van der Waals surface area contributed by atoms with Gasteiger partial charge in [0.1, 0.15) is 23.6 Å². The van der Waals surface area contributed by atoms with Crippen LogP contribution in [0.25, 0.3) is 40.0 Å². The van der Waals surface area contributed by atoms with Gasteiger partial charge in [-0.15, -0.1) is 10.2 Å². The molecule has 4 rings (SSSR count). The predicted molar refractivity (Wildman–Crippen MR) is 107 cm³/mol. The first kappa shape index (κ1) is 17.9. The minimum atomic E-state index is -0.325. The quantitative estimate of drug-likeness (QED) is 0.485. The summed E-state index contributed by atoms with van der Waals surface area (Å²) in [5.41, 5.74) is 4.03. The topological polar surface area (TPSA) is 56.7 Å². The van der Waals surface area contributed by atoms with Crippen LogP contribution in [0.2, 0.25) is 0 Å². The Labute approximate surface area is 162 Å². The van der Waals surface area contributed by atoms with Crippen LogP contribution in [0.1, 0.15) is 18.4 Å². The van der Waals surface area contributed by atoms with Gasteiger partial charge < -0.3 is 8.98 Å². The maximum Gasteiger partial charge on any atom is 0.226 e. The molecule has 2 aromatic carbocycles. The van der Waals surface area contributed by atoms with E-state index in [0.717, 1.165) is 34.6 Å². The number of hydrogen-bond donors (Lipinski definition) is 0. The fraction of sp³-hybridized carbons (Fsp3) is 0.136.